The molecule has 2 nitrogen and oxygen atoms in total. The highest BCUT2D eigenvalue weighted by atomic mass is 35.5. The van der Waals surface area contributed by atoms with E-state index in [0.29, 0.717) is 11.6 Å². The normalized spacial score (nSPS) is 18.5. The van der Waals surface area contributed by atoms with Gasteiger partial charge in [0.05, 0.1) is 6.10 Å². The van der Waals surface area contributed by atoms with Crippen molar-refractivity contribution in [2.45, 2.75) is 18.9 Å². The molecule has 0 saturated carbocycles. The van der Waals surface area contributed by atoms with E-state index in [4.69, 9.17) is 23.2 Å². The van der Waals surface area contributed by atoms with Gasteiger partial charge in [0.1, 0.15) is 0 Å². The zero-order chi connectivity index (χ0) is 16.7. The first-order chi connectivity index (χ1) is 11.6. The average Bonchev–Trinajstić information content (AvgIpc) is 2.92. The summed E-state index contributed by atoms with van der Waals surface area (Å²) in [5, 5.41) is 12.0. The monoisotopic (exact) mass is 359 g/mol. The molecular formula is C20H19Cl2NO. The zero-order valence-corrected chi connectivity index (χ0v) is 14.8. The number of halogens is 2. The van der Waals surface area contributed by atoms with E-state index in [1.807, 2.05) is 30.3 Å². The summed E-state index contributed by atoms with van der Waals surface area (Å²) < 4.78 is 0. The van der Waals surface area contributed by atoms with Gasteiger partial charge in [-0.15, -0.1) is 0 Å². The number of β-amino-alcohol motifs (C(OH)–C–C–N with tert-alkyl or cyclic N) is 1. The predicted octanol–water partition coefficient (Wildman–Crippen LogP) is 4.74. The van der Waals surface area contributed by atoms with Crippen LogP contribution in [0, 0.1) is 0 Å². The maximum Gasteiger partial charge on any atom is 0.0917 e. The minimum absolute atomic E-state index is 0.484. The zero-order valence-electron chi connectivity index (χ0n) is 13.3. The van der Waals surface area contributed by atoms with Crippen molar-refractivity contribution in [3.8, 4) is 0 Å². The van der Waals surface area contributed by atoms with E-state index in [-0.39, 0.29) is 0 Å². The molecule has 4 rings (SSSR count). The standard InChI is InChI=1S/C20H19Cl2NO/c21-16-4-1-13(2-5-16)20(24)12-23-8-7-18-15(11-23)9-14-3-6-17(22)10-19(14)18/h1-6,10,20,24H,7-9,11-12H2. The summed E-state index contributed by atoms with van der Waals surface area (Å²) in [5.41, 5.74) is 6.56. The molecule has 1 heterocycles. The molecule has 124 valence electrons. The maximum absolute atomic E-state index is 10.5. The van der Waals surface area contributed by atoms with Crippen LogP contribution in [-0.4, -0.2) is 29.6 Å². The first-order valence-corrected chi connectivity index (χ1v) is 9.01. The molecular weight excluding hydrogens is 341 g/mol. The van der Waals surface area contributed by atoms with Crippen LogP contribution in [0.4, 0.5) is 0 Å². The molecule has 1 aliphatic carbocycles. The Morgan fingerprint density at radius 1 is 1.04 bits per heavy atom. The van der Waals surface area contributed by atoms with Crippen molar-refractivity contribution >= 4 is 28.8 Å². The van der Waals surface area contributed by atoms with Crippen LogP contribution in [0.1, 0.15) is 29.2 Å². The fourth-order valence-electron chi connectivity index (χ4n) is 3.78. The van der Waals surface area contributed by atoms with Crippen molar-refractivity contribution in [3.05, 3.63) is 74.8 Å². The van der Waals surface area contributed by atoms with Crippen molar-refractivity contribution in [2.24, 2.45) is 0 Å². The summed E-state index contributed by atoms with van der Waals surface area (Å²) in [4.78, 5) is 2.34. The number of benzene rings is 2. The molecule has 4 heteroatoms. The summed E-state index contributed by atoms with van der Waals surface area (Å²) in [5.74, 6) is 0. The van der Waals surface area contributed by atoms with Crippen molar-refractivity contribution in [1.29, 1.82) is 0 Å². The smallest absolute Gasteiger partial charge is 0.0917 e. The Labute approximate surface area is 152 Å². The number of hydrogen-bond acceptors (Lipinski definition) is 2. The maximum atomic E-state index is 10.5. The van der Waals surface area contributed by atoms with Gasteiger partial charge in [-0.1, -0.05) is 41.4 Å². The summed E-state index contributed by atoms with van der Waals surface area (Å²) in [6.45, 7) is 2.54. The number of hydrogen-bond donors (Lipinski definition) is 1. The molecule has 24 heavy (non-hydrogen) atoms. The molecule has 1 aliphatic heterocycles. The number of nitrogens with zero attached hydrogens (tertiary/aromatic N) is 1. The topological polar surface area (TPSA) is 23.5 Å². The lowest BCUT2D eigenvalue weighted by atomic mass is 9.98. The largest absolute Gasteiger partial charge is 0.387 e. The van der Waals surface area contributed by atoms with Crippen LogP contribution in [0.5, 0.6) is 0 Å². The summed E-state index contributed by atoms with van der Waals surface area (Å²) in [6.07, 6.45) is 1.55. The van der Waals surface area contributed by atoms with Crippen LogP contribution in [0.3, 0.4) is 0 Å². The molecule has 0 radical (unpaired) electrons. The minimum atomic E-state index is -0.484. The molecule has 1 N–H and O–H groups in total. The van der Waals surface area contributed by atoms with Crippen LogP contribution in [-0.2, 0) is 6.42 Å². The number of aliphatic hydroxyl groups is 1. The van der Waals surface area contributed by atoms with E-state index >= 15 is 0 Å². The van der Waals surface area contributed by atoms with E-state index in [2.05, 4.69) is 17.0 Å². The molecule has 2 aromatic rings. The summed E-state index contributed by atoms with van der Waals surface area (Å²) >= 11 is 12.1. The molecule has 0 amide bonds. The third kappa shape index (κ3) is 3.12. The Kier molecular flexibility index (Phi) is 4.40. The van der Waals surface area contributed by atoms with Gasteiger partial charge in [0.25, 0.3) is 0 Å². The molecule has 0 aromatic heterocycles. The van der Waals surface area contributed by atoms with Crippen LogP contribution in [0.25, 0.3) is 5.57 Å². The molecule has 2 aromatic carbocycles. The fraction of sp³-hybridized carbons (Fsp3) is 0.300. The fourth-order valence-corrected chi connectivity index (χ4v) is 4.08. The SMILES string of the molecule is OC(CN1CCC2=C(Cc3ccc(Cl)cc32)C1)c1ccc(Cl)cc1. The number of fused-ring (bicyclic) bond motifs is 2. The van der Waals surface area contributed by atoms with Gasteiger partial charge < -0.3 is 5.11 Å². The molecule has 0 fully saturated rings. The predicted molar refractivity (Wildman–Crippen MR) is 99.5 cm³/mol. The van der Waals surface area contributed by atoms with Crippen LogP contribution < -0.4 is 0 Å². The average molecular weight is 360 g/mol. The van der Waals surface area contributed by atoms with Gasteiger partial charge in [0.2, 0.25) is 0 Å². The number of aliphatic hydroxyl groups excluding tert-OH is 1. The Hall–Kier alpha value is -1.32. The third-order valence-corrected chi connectivity index (χ3v) is 5.49. The first kappa shape index (κ1) is 16.2. The second-order valence-electron chi connectivity index (χ2n) is 6.61. The van der Waals surface area contributed by atoms with E-state index < -0.39 is 6.10 Å². The minimum Gasteiger partial charge on any atom is -0.387 e. The van der Waals surface area contributed by atoms with Crippen molar-refractivity contribution in [3.63, 3.8) is 0 Å². The quantitative estimate of drug-likeness (QED) is 0.855. The second kappa shape index (κ2) is 6.53. The van der Waals surface area contributed by atoms with Crippen molar-refractivity contribution < 1.29 is 5.11 Å². The highest BCUT2D eigenvalue weighted by molar-refractivity contribution is 6.31. The molecule has 1 unspecified atom stereocenters. The summed E-state index contributed by atoms with van der Waals surface area (Å²) in [7, 11) is 0. The van der Waals surface area contributed by atoms with Gasteiger partial charge in [-0.3, -0.25) is 4.90 Å². The highest BCUT2D eigenvalue weighted by Gasteiger charge is 2.28. The lowest BCUT2D eigenvalue weighted by Crippen LogP contribution is -2.34. The van der Waals surface area contributed by atoms with Gasteiger partial charge >= 0.3 is 0 Å². The lowest BCUT2D eigenvalue weighted by Gasteiger charge is -2.30. The Morgan fingerprint density at radius 3 is 2.58 bits per heavy atom. The highest BCUT2D eigenvalue weighted by Crippen LogP contribution is 2.39. The molecule has 0 spiro atoms. The van der Waals surface area contributed by atoms with E-state index in [1.165, 1.54) is 22.3 Å². The van der Waals surface area contributed by atoms with E-state index in [0.717, 1.165) is 36.5 Å². The van der Waals surface area contributed by atoms with Gasteiger partial charge in [-0.05, 0) is 64.9 Å². The van der Waals surface area contributed by atoms with Crippen LogP contribution in [0.2, 0.25) is 10.0 Å². The third-order valence-electron chi connectivity index (χ3n) is 5.01. The van der Waals surface area contributed by atoms with Crippen LogP contribution in [0.15, 0.2) is 48.0 Å². The van der Waals surface area contributed by atoms with Crippen molar-refractivity contribution in [2.75, 3.05) is 19.6 Å². The first-order valence-electron chi connectivity index (χ1n) is 8.26. The second-order valence-corrected chi connectivity index (χ2v) is 7.49. The number of rotatable bonds is 3. The van der Waals surface area contributed by atoms with E-state index in [1.54, 1.807) is 0 Å². The van der Waals surface area contributed by atoms with Gasteiger partial charge in [0, 0.05) is 29.7 Å². The Balaban J connectivity index is 1.46. The van der Waals surface area contributed by atoms with E-state index in [9.17, 15) is 5.11 Å². The molecule has 0 saturated heterocycles. The Morgan fingerprint density at radius 2 is 1.79 bits per heavy atom. The van der Waals surface area contributed by atoms with Gasteiger partial charge in [-0.25, -0.2) is 0 Å². The molecule has 1 atom stereocenters. The van der Waals surface area contributed by atoms with Crippen molar-refractivity contribution in [1.82, 2.24) is 4.90 Å². The van der Waals surface area contributed by atoms with Gasteiger partial charge in [-0.2, -0.15) is 0 Å². The molecule has 2 aliphatic rings. The molecule has 0 bridgehead atoms. The van der Waals surface area contributed by atoms with Crippen LogP contribution >= 0.6 is 23.2 Å². The van der Waals surface area contributed by atoms with Gasteiger partial charge in [0.15, 0.2) is 0 Å². The lowest BCUT2D eigenvalue weighted by molar-refractivity contribution is 0.117. The Bertz CT molecular complexity index is 798. The summed E-state index contributed by atoms with van der Waals surface area (Å²) in [6, 6.07) is 13.7.